The Morgan fingerprint density at radius 2 is 1.94 bits per heavy atom. The summed E-state index contributed by atoms with van der Waals surface area (Å²) in [7, 11) is 1.28. The summed E-state index contributed by atoms with van der Waals surface area (Å²) in [5.74, 6) is 0.450. The highest BCUT2D eigenvalue weighted by atomic mass is 79.9. The zero-order valence-corrected chi connectivity index (χ0v) is 10.2. The Labute approximate surface area is 101 Å². The molecule has 3 nitrogen and oxygen atoms in total. The molecule has 2 rings (SSSR count). The Bertz CT molecular complexity index is 537. The van der Waals surface area contributed by atoms with Crippen LogP contribution in [0.4, 0.5) is 4.79 Å². The van der Waals surface area contributed by atoms with Gasteiger partial charge in [-0.15, -0.1) is 0 Å². The van der Waals surface area contributed by atoms with Crippen molar-refractivity contribution in [2.24, 2.45) is 0 Å². The molecular formula is C12H9BrO3. The summed E-state index contributed by atoms with van der Waals surface area (Å²) in [5.41, 5.74) is 0. The lowest BCUT2D eigenvalue weighted by molar-refractivity contribution is 0.121. The third-order valence-electron chi connectivity index (χ3n) is 2.19. The lowest BCUT2D eigenvalue weighted by Gasteiger charge is -2.07. The van der Waals surface area contributed by atoms with E-state index in [0.29, 0.717) is 5.75 Å². The Morgan fingerprint density at radius 1 is 1.19 bits per heavy atom. The van der Waals surface area contributed by atoms with E-state index in [2.05, 4.69) is 20.7 Å². The maximum absolute atomic E-state index is 11.0. The van der Waals surface area contributed by atoms with Crippen LogP contribution in [0.25, 0.3) is 10.8 Å². The van der Waals surface area contributed by atoms with Crippen molar-refractivity contribution in [2.45, 2.75) is 0 Å². The second kappa shape index (κ2) is 4.53. The molecule has 0 bridgehead atoms. The van der Waals surface area contributed by atoms with Gasteiger partial charge in [0, 0.05) is 0 Å². The molecular weight excluding hydrogens is 272 g/mol. The second-order valence-electron chi connectivity index (χ2n) is 3.16. The molecule has 0 heterocycles. The number of benzene rings is 2. The maximum Gasteiger partial charge on any atom is 0.513 e. The lowest BCUT2D eigenvalue weighted by Crippen LogP contribution is -2.07. The smallest absolute Gasteiger partial charge is 0.437 e. The number of ether oxygens (including phenoxy) is 2. The minimum Gasteiger partial charge on any atom is -0.437 e. The van der Waals surface area contributed by atoms with Crippen LogP contribution in [0.2, 0.25) is 0 Å². The van der Waals surface area contributed by atoms with Gasteiger partial charge >= 0.3 is 6.16 Å². The molecule has 2 aromatic carbocycles. The molecule has 0 fully saturated rings. The average Bonchev–Trinajstić information content (AvgIpc) is 2.33. The normalized spacial score (nSPS) is 10.1. The highest BCUT2D eigenvalue weighted by Gasteiger charge is 2.09. The van der Waals surface area contributed by atoms with E-state index in [4.69, 9.17) is 4.74 Å². The van der Waals surface area contributed by atoms with Gasteiger partial charge in [-0.25, -0.2) is 4.79 Å². The topological polar surface area (TPSA) is 35.5 Å². The van der Waals surface area contributed by atoms with Crippen molar-refractivity contribution in [3.8, 4) is 5.75 Å². The van der Waals surface area contributed by atoms with Crippen molar-refractivity contribution in [1.29, 1.82) is 0 Å². The molecule has 16 heavy (non-hydrogen) atoms. The zero-order valence-electron chi connectivity index (χ0n) is 8.57. The van der Waals surface area contributed by atoms with E-state index in [-0.39, 0.29) is 0 Å². The quantitative estimate of drug-likeness (QED) is 0.590. The van der Waals surface area contributed by atoms with Crippen LogP contribution < -0.4 is 4.74 Å². The first-order valence-electron chi connectivity index (χ1n) is 4.65. The van der Waals surface area contributed by atoms with E-state index in [1.165, 1.54) is 7.11 Å². The SMILES string of the molecule is COC(=O)Oc1ccc2ccccc2c1Br. The van der Waals surface area contributed by atoms with E-state index in [9.17, 15) is 4.79 Å². The average molecular weight is 281 g/mol. The monoisotopic (exact) mass is 280 g/mol. The number of hydrogen-bond donors (Lipinski definition) is 0. The summed E-state index contributed by atoms with van der Waals surface area (Å²) in [5, 5.41) is 2.07. The van der Waals surface area contributed by atoms with Gasteiger partial charge in [-0.05, 0) is 32.8 Å². The summed E-state index contributed by atoms with van der Waals surface area (Å²) in [6.07, 6.45) is -0.726. The van der Waals surface area contributed by atoms with Gasteiger partial charge < -0.3 is 9.47 Å². The summed E-state index contributed by atoms with van der Waals surface area (Å²) in [6.45, 7) is 0. The molecule has 0 aliphatic carbocycles. The molecule has 2 aromatic rings. The number of rotatable bonds is 1. The number of halogens is 1. The van der Waals surface area contributed by atoms with Crippen LogP contribution in [0.3, 0.4) is 0 Å². The molecule has 0 radical (unpaired) electrons. The fraction of sp³-hybridized carbons (Fsp3) is 0.0833. The summed E-state index contributed by atoms with van der Waals surface area (Å²) < 4.78 is 10.2. The molecule has 0 atom stereocenters. The van der Waals surface area contributed by atoms with Gasteiger partial charge in [0.1, 0.15) is 5.75 Å². The fourth-order valence-electron chi connectivity index (χ4n) is 1.42. The van der Waals surface area contributed by atoms with Gasteiger partial charge in [0.25, 0.3) is 0 Å². The van der Waals surface area contributed by atoms with E-state index in [0.717, 1.165) is 15.2 Å². The summed E-state index contributed by atoms with van der Waals surface area (Å²) >= 11 is 3.41. The molecule has 0 N–H and O–H groups in total. The lowest BCUT2D eigenvalue weighted by atomic mass is 10.1. The van der Waals surface area contributed by atoms with Crippen molar-refractivity contribution in [2.75, 3.05) is 7.11 Å². The van der Waals surface area contributed by atoms with E-state index < -0.39 is 6.16 Å². The minimum absolute atomic E-state index is 0.450. The van der Waals surface area contributed by atoms with Crippen LogP contribution in [0.1, 0.15) is 0 Å². The third kappa shape index (κ3) is 2.02. The van der Waals surface area contributed by atoms with Gasteiger partial charge in [-0.2, -0.15) is 0 Å². The Balaban J connectivity index is 2.48. The van der Waals surface area contributed by atoms with E-state index in [1.54, 1.807) is 6.07 Å². The van der Waals surface area contributed by atoms with Gasteiger partial charge in [0.2, 0.25) is 0 Å². The van der Waals surface area contributed by atoms with Crippen molar-refractivity contribution in [3.63, 3.8) is 0 Å². The highest BCUT2D eigenvalue weighted by Crippen LogP contribution is 2.33. The Hall–Kier alpha value is -1.55. The van der Waals surface area contributed by atoms with Gasteiger partial charge in [0.05, 0.1) is 11.6 Å². The van der Waals surface area contributed by atoms with E-state index in [1.807, 2.05) is 30.3 Å². The van der Waals surface area contributed by atoms with Crippen molar-refractivity contribution >= 4 is 32.9 Å². The van der Waals surface area contributed by atoms with Gasteiger partial charge in [-0.1, -0.05) is 30.3 Å². The first-order valence-corrected chi connectivity index (χ1v) is 5.44. The van der Waals surface area contributed by atoms with Crippen molar-refractivity contribution in [1.82, 2.24) is 0 Å². The molecule has 82 valence electrons. The van der Waals surface area contributed by atoms with Gasteiger partial charge in [0.15, 0.2) is 0 Å². The van der Waals surface area contributed by atoms with Crippen LogP contribution in [-0.4, -0.2) is 13.3 Å². The standard InChI is InChI=1S/C12H9BrO3/c1-15-12(14)16-10-7-6-8-4-2-3-5-9(8)11(10)13/h2-7H,1H3. The van der Waals surface area contributed by atoms with E-state index >= 15 is 0 Å². The first kappa shape index (κ1) is 11.0. The van der Waals surface area contributed by atoms with Crippen LogP contribution in [0, 0.1) is 0 Å². The number of carbonyl (C=O) groups is 1. The molecule has 0 aromatic heterocycles. The minimum atomic E-state index is -0.726. The number of hydrogen-bond acceptors (Lipinski definition) is 3. The number of fused-ring (bicyclic) bond motifs is 1. The van der Waals surface area contributed by atoms with Crippen LogP contribution in [-0.2, 0) is 4.74 Å². The third-order valence-corrected chi connectivity index (χ3v) is 3.01. The molecule has 0 aliphatic heterocycles. The predicted octanol–water partition coefficient (Wildman–Crippen LogP) is 3.75. The first-order chi connectivity index (χ1) is 7.72. The van der Waals surface area contributed by atoms with Crippen LogP contribution in [0.15, 0.2) is 40.9 Å². The Kier molecular flexibility index (Phi) is 3.10. The fourth-order valence-corrected chi connectivity index (χ4v) is 2.00. The van der Waals surface area contributed by atoms with Gasteiger partial charge in [-0.3, -0.25) is 0 Å². The highest BCUT2D eigenvalue weighted by molar-refractivity contribution is 9.10. The molecule has 0 saturated carbocycles. The second-order valence-corrected chi connectivity index (χ2v) is 3.95. The van der Waals surface area contributed by atoms with Crippen LogP contribution in [0.5, 0.6) is 5.75 Å². The Morgan fingerprint density at radius 3 is 2.69 bits per heavy atom. The van der Waals surface area contributed by atoms with Crippen molar-refractivity contribution in [3.05, 3.63) is 40.9 Å². The molecule has 0 saturated heterocycles. The largest absolute Gasteiger partial charge is 0.513 e. The zero-order chi connectivity index (χ0) is 11.5. The molecule has 0 amide bonds. The summed E-state index contributed by atoms with van der Waals surface area (Å²) in [6, 6.07) is 11.4. The molecule has 0 unspecified atom stereocenters. The molecule has 0 aliphatic rings. The molecule has 4 heteroatoms. The predicted molar refractivity (Wildman–Crippen MR) is 64.7 cm³/mol. The summed E-state index contributed by atoms with van der Waals surface area (Å²) in [4.78, 5) is 11.0. The maximum atomic E-state index is 11.0. The van der Waals surface area contributed by atoms with Crippen LogP contribution >= 0.6 is 15.9 Å². The number of methoxy groups -OCH3 is 1. The molecule has 0 spiro atoms. The number of carbonyl (C=O) groups excluding carboxylic acids is 1. The van der Waals surface area contributed by atoms with Crippen molar-refractivity contribution < 1.29 is 14.3 Å².